The molecule has 1 heteroatoms. The van der Waals surface area contributed by atoms with Gasteiger partial charge < -0.3 is 5.73 Å². The molecule has 0 saturated heterocycles. The van der Waals surface area contributed by atoms with Gasteiger partial charge in [0.2, 0.25) is 0 Å². The van der Waals surface area contributed by atoms with Gasteiger partial charge in [-0.15, -0.1) is 0 Å². The predicted molar refractivity (Wildman–Crippen MR) is 48.9 cm³/mol. The fourth-order valence-electron chi connectivity index (χ4n) is 1.07. The van der Waals surface area contributed by atoms with Crippen LogP contribution in [0, 0.1) is 0 Å². The third-order valence-corrected chi connectivity index (χ3v) is 1.73. The highest BCUT2D eigenvalue weighted by Crippen LogP contribution is 2.15. The molecule has 0 aliphatic heterocycles. The van der Waals surface area contributed by atoms with Gasteiger partial charge in [-0.2, -0.15) is 0 Å². The number of benzene rings is 1. The van der Waals surface area contributed by atoms with Crippen molar-refractivity contribution in [2.24, 2.45) is 5.73 Å². The van der Waals surface area contributed by atoms with Crippen molar-refractivity contribution in [1.29, 1.82) is 0 Å². The molecule has 2 N–H and O–H groups in total. The Labute approximate surface area is 67.5 Å². The molecule has 0 spiro atoms. The van der Waals surface area contributed by atoms with Crippen molar-refractivity contribution >= 4 is 5.57 Å². The van der Waals surface area contributed by atoms with Gasteiger partial charge in [0, 0.05) is 0 Å². The Kier molecular flexibility index (Phi) is 2.73. The largest absolute Gasteiger partial charge is 0.404 e. The van der Waals surface area contributed by atoms with Crippen LogP contribution in [0.4, 0.5) is 0 Å². The Bertz CT molecular complexity index is 236. The van der Waals surface area contributed by atoms with Crippen LogP contribution in [0.5, 0.6) is 0 Å². The van der Waals surface area contributed by atoms with E-state index in [1.54, 1.807) is 6.20 Å². The second-order valence-corrected chi connectivity index (χ2v) is 2.41. The van der Waals surface area contributed by atoms with E-state index in [1.165, 1.54) is 11.1 Å². The molecule has 1 nitrogen and oxygen atoms in total. The third kappa shape index (κ3) is 1.84. The molecule has 0 heterocycles. The second-order valence-electron chi connectivity index (χ2n) is 2.41. The molecule has 0 amide bonds. The van der Waals surface area contributed by atoms with Crippen LogP contribution in [0.2, 0.25) is 0 Å². The van der Waals surface area contributed by atoms with Crippen molar-refractivity contribution in [3.8, 4) is 0 Å². The number of hydrogen-bond donors (Lipinski definition) is 1. The highest BCUT2D eigenvalue weighted by molar-refractivity contribution is 5.64. The van der Waals surface area contributed by atoms with E-state index in [1.807, 2.05) is 18.2 Å². The van der Waals surface area contributed by atoms with Crippen molar-refractivity contribution in [1.82, 2.24) is 0 Å². The lowest BCUT2D eigenvalue weighted by atomic mass is 10.1. The molecule has 1 rings (SSSR count). The van der Waals surface area contributed by atoms with Gasteiger partial charge in [-0.05, 0) is 23.8 Å². The van der Waals surface area contributed by atoms with Crippen molar-refractivity contribution in [3.63, 3.8) is 0 Å². The smallest absolute Gasteiger partial charge is 0.00238 e. The van der Waals surface area contributed by atoms with Gasteiger partial charge in [0.25, 0.3) is 0 Å². The lowest BCUT2D eigenvalue weighted by Gasteiger charge is -2.01. The van der Waals surface area contributed by atoms with Crippen LogP contribution in [0.1, 0.15) is 18.9 Å². The maximum atomic E-state index is 5.45. The Morgan fingerprint density at radius 1 is 1.36 bits per heavy atom. The summed E-state index contributed by atoms with van der Waals surface area (Å²) in [7, 11) is 0. The van der Waals surface area contributed by atoms with Crippen molar-refractivity contribution in [2.45, 2.75) is 13.3 Å². The minimum atomic E-state index is 0.987. The van der Waals surface area contributed by atoms with Crippen LogP contribution < -0.4 is 5.73 Å². The van der Waals surface area contributed by atoms with Gasteiger partial charge in [-0.25, -0.2) is 0 Å². The molecule has 0 atom stereocenters. The van der Waals surface area contributed by atoms with Gasteiger partial charge in [0.05, 0.1) is 0 Å². The molecule has 0 fully saturated rings. The number of hydrogen-bond acceptors (Lipinski definition) is 1. The van der Waals surface area contributed by atoms with E-state index < -0.39 is 0 Å². The topological polar surface area (TPSA) is 26.0 Å². The predicted octanol–water partition coefficient (Wildman–Crippen LogP) is 2.40. The molecular weight excluding hydrogens is 134 g/mol. The first-order valence-electron chi connectivity index (χ1n) is 3.84. The van der Waals surface area contributed by atoms with Crippen LogP contribution in [0.25, 0.3) is 5.57 Å². The first-order chi connectivity index (χ1) is 5.38. The van der Waals surface area contributed by atoms with Crippen LogP contribution in [-0.2, 0) is 0 Å². The summed E-state index contributed by atoms with van der Waals surface area (Å²) in [6.45, 7) is 2.10. The highest BCUT2D eigenvalue weighted by atomic mass is 14.5. The van der Waals surface area contributed by atoms with E-state index in [4.69, 9.17) is 5.73 Å². The van der Waals surface area contributed by atoms with Crippen LogP contribution in [0.15, 0.2) is 36.5 Å². The third-order valence-electron chi connectivity index (χ3n) is 1.73. The van der Waals surface area contributed by atoms with Crippen LogP contribution >= 0.6 is 0 Å². The Balaban J connectivity index is 2.92. The Morgan fingerprint density at radius 2 is 2.00 bits per heavy atom. The van der Waals surface area contributed by atoms with E-state index >= 15 is 0 Å². The van der Waals surface area contributed by atoms with E-state index in [9.17, 15) is 0 Å². The summed E-state index contributed by atoms with van der Waals surface area (Å²) in [4.78, 5) is 0. The summed E-state index contributed by atoms with van der Waals surface area (Å²) in [5, 5.41) is 0. The first kappa shape index (κ1) is 7.86. The molecule has 1 aromatic rings. The van der Waals surface area contributed by atoms with Crippen LogP contribution in [0.3, 0.4) is 0 Å². The molecule has 0 bridgehead atoms. The minimum Gasteiger partial charge on any atom is -0.404 e. The SMILES string of the molecule is CC/C(=C\N)c1ccccc1. The lowest BCUT2D eigenvalue weighted by molar-refractivity contribution is 1.23. The van der Waals surface area contributed by atoms with Gasteiger partial charge in [-0.3, -0.25) is 0 Å². The average molecular weight is 147 g/mol. The standard InChI is InChI=1S/C10H13N/c1-2-9(8-11)10-6-4-3-5-7-10/h3-8H,2,11H2,1H3/b9-8+. The summed E-state index contributed by atoms with van der Waals surface area (Å²) < 4.78 is 0. The van der Waals surface area contributed by atoms with E-state index in [2.05, 4.69) is 19.1 Å². The normalized spacial score (nSPS) is 11.5. The van der Waals surface area contributed by atoms with Gasteiger partial charge in [0.1, 0.15) is 0 Å². The van der Waals surface area contributed by atoms with Crippen LogP contribution in [-0.4, -0.2) is 0 Å². The molecule has 1 aromatic carbocycles. The Hall–Kier alpha value is -1.24. The fraction of sp³-hybridized carbons (Fsp3) is 0.200. The van der Waals surface area contributed by atoms with Crippen molar-refractivity contribution in [2.75, 3.05) is 0 Å². The van der Waals surface area contributed by atoms with Crippen molar-refractivity contribution in [3.05, 3.63) is 42.1 Å². The molecule has 0 aliphatic rings. The zero-order valence-corrected chi connectivity index (χ0v) is 6.75. The zero-order chi connectivity index (χ0) is 8.10. The number of nitrogens with two attached hydrogens (primary N) is 1. The second kappa shape index (κ2) is 3.81. The molecular formula is C10H13N. The number of allylic oxidation sites excluding steroid dienone is 1. The maximum absolute atomic E-state index is 5.45. The molecule has 0 unspecified atom stereocenters. The van der Waals surface area contributed by atoms with Gasteiger partial charge in [0.15, 0.2) is 0 Å². The lowest BCUT2D eigenvalue weighted by Crippen LogP contribution is -1.87. The monoisotopic (exact) mass is 147 g/mol. The summed E-state index contributed by atoms with van der Waals surface area (Å²) in [6, 6.07) is 10.2. The average Bonchev–Trinajstić information content (AvgIpc) is 2.09. The zero-order valence-electron chi connectivity index (χ0n) is 6.75. The van der Waals surface area contributed by atoms with Crippen molar-refractivity contribution < 1.29 is 0 Å². The van der Waals surface area contributed by atoms with E-state index in [-0.39, 0.29) is 0 Å². The summed E-state index contributed by atoms with van der Waals surface area (Å²) in [5.41, 5.74) is 7.87. The molecule has 0 radical (unpaired) electrons. The maximum Gasteiger partial charge on any atom is -0.00238 e. The van der Waals surface area contributed by atoms with E-state index in [0.717, 1.165) is 6.42 Å². The molecule has 11 heavy (non-hydrogen) atoms. The summed E-state index contributed by atoms with van der Waals surface area (Å²) >= 11 is 0. The quantitative estimate of drug-likeness (QED) is 0.683. The Morgan fingerprint density at radius 3 is 2.45 bits per heavy atom. The minimum absolute atomic E-state index is 0.987. The highest BCUT2D eigenvalue weighted by Gasteiger charge is 1.94. The molecule has 0 saturated carbocycles. The molecule has 0 aliphatic carbocycles. The molecule has 0 aromatic heterocycles. The van der Waals surface area contributed by atoms with E-state index in [0.29, 0.717) is 0 Å². The summed E-state index contributed by atoms with van der Waals surface area (Å²) in [6.07, 6.45) is 2.66. The van der Waals surface area contributed by atoms with Gasteiger partial charge >= 0.3 is 0 Å². The number of rotatable bonds is 2. The summed E-state index contributed by atoms with van der Waals surface area (Å²) in [5.74, 6) is 0. The first-order valence-corrected chi connectivity index (χ1v) is 3.84. The fourth-order valence-corrected chi connectivity index (χ4v) is 1.07. The van der Waals surface area contributed by atoms with Gasteiger partial charge in [-0.1, -0.05) is 37.3 Å². The molecule has 58 valence electrons.